The molecule has 1 atom stereocenters. The van der Waals surface area contributed by atoms with E-state index < -0.39 is 40.4 Å². The lowest BCUT2D eigenvalue weighted by molar-refractivity contribution is -0.137. The summed E-state index contributed by atoms with van der Waals surface area (Å²) in [6, 6.07) is 1.98. The van der Waals surface area contributed by atoms with Crippen molar-refractivity contribution in [3.63, 3.8) is 0 Å². The third kappa shape index (κ3) is 6.27. The average molecular weight is 367 g/mol. The predicted molar refractivity (Wildman–Crippen MR) is 83.9 cm³/mol. The number of alkyl halides is 3. The van der Waals surface area contributed by atoms with Gasteiger partial charge in [0.25, 0.3) is 0 Å². The first-order chi connectivity index (χ1) is 10.8. The van der Waals surface area contributed by atoms with Crippen molar-refractivity contribution in [3.8, 4) is 0 Å². The number of carbonyl (C=O) groups excluding carboxylic acids is 2. The van der Waals surface area contributed by atoms with Crippen molar-refractivity contribution in [2.75, 3.05) is 5.32 Å². The van der Waals surface area contributed by atoms with E-state index in [1.54, 1.807) is 20.8 Å². The molecule has 1 aromatic rings. The SMILES string of the molecule is CC(NC(=O)OC(C)(C)C)C(=O)Nc1ccc(Cl)c(C(F)(F)F)c1. The van der Waals surface area contributed by atoms with E-state index in [-0.39, 0.29) is 5.69 Å². The molecule has 0 aliphatic carbocycles. The van der Waals surface area contributed by atoms with Crippen LogP contribution in [0.1, 0.15) is 33.3 Å². The summed E-state index contributed by atoms with van der Waals surface area (Å²) in [5.74, 6) is -0.698. The topological polar surface area (TPSA) is 67.4 Å². The smallest absolute Gasteiger partial charge is 0.417 e. The number of halogens is 4. The number of nitrogens with one attached hydrogen (secondary N) is 2. The molecule has 0 spiro atoms. The van der Waals surface area contributed by atoms with Crippen molar-refractivity contribution >= 4 is 29.3 Å². The Labute approximate surface area is 142 Å². The molecule has 0 aliphatic rings. The molecule has 134 valence electrons. The molecule has 9 heteroatoms. The number of alkyl carbamates (subject to hydrolysis) is 1. The normalized spacial score (nSPS) is 13.2. The average Bonchev–Trinajstić information content (AvgIpc) is 2.37. The van der Waals surface area contributed by atoms with Crippen molar-refractivity contribution in [3.05, 3.63) is 28.8 Å². The number of anilines is 1. The van der Waals surface area contributed by atoms with Crippen LogP contribution in [0.5, 0.6) is 0 Å². The summed E-state index contributed by atoms with van der Waals surface area (Å²) in [5, 5.41) is 4.10. The fourth-order valence-corrected chi connectivity index (χ4v) is 1.85. The fourth-order valence-electron chi connectivity index (χ4n) is 1.62. The molecule has 0 aromatic heterocycles. The fraction of sp³-hybridized carbons (Fsp3) is 0.467. The summed E-state index contributed by atoms with van der Waals surface area (Å²) in [6.45, 7) is 6.34. The molecule has 1 rings (SSSR count). The summed E-state index contributed by atoms with van der Waals surface area (Å²) >= 11 is 5.50. The van der Waals surface area contributed by atoms with E-state index in [4.69, 9.17) is 16.3 Å². The molecule has 2 amide bonds. The van der Waals surface area contributed by atoms with Gasteiger partial charge in [-0.25, -0.2) is 4.79 Å². The Kier molecular flexibility index (Phi) is 6.10. The molecular weight excluding hydrogens is 349 g/mol. The lowest BCUT2D eigenvalue weighted by Gasteiger charge is -2.21. The van der Waals surface area contributed by atoms with E-state index in [0.717, 1.165) is 12.1 Å². The van der Waals surface area contributed by atoms with Crippen molar-refractivity contribution < 1.29 is 27.5 Å². The van der Waals surface area contributed by atoms with Gasteiger partial charge in [-0.15, -0.1) is 0 Å². The molecule has 0 saturated carbocycles. The molecule has 0 fully saturated rings. The minimum atomic E-state index is -4.64. The Hall–Kier alpha value is -1.96. The zero-order valence-corrected chi connectivity index (χ0v) is 14.3. The molecule has 24 heavy (non-hydrogen) atoms. The van der Waals surface area contributed by atoms with Gasteiger partial charge in [0, 0.05) is 5.69 Å². The maximum absolute atomic E-state index is 12.8. The van der Waals surface area contributed by atoms with E-state index in [2.05, 4.69) is 10.6 Å². The number of rotatable bonds is 3. The van der Waals surface area contributed by atoms with Gasteiger partial charge in [-0.2, -0.15) is 13.2 Å². The van der Waals surface area contributed by atoms with E-state index in [1.165, 1.54) is 13.0 Å². The third-order valence-electron chi connectivity index (χ3n) is 2.67. The molecule has 0 bridgehead atoms. The van der Waals surface area contributed by atoms with Crippen LogP contribution < -0.4 is 10.6 Å². The van der Waals surface area contributed by atoms with Gasteiger partial charge in [-0.3, -0.25) is 4.79 Å². The van der Waals surface area contributed by atoms with Gasteiger partial charge in [0.2, 0.25) is 5.91 Å². The highest BCUT2D eigenvalue weighted by atomic mass is 35.5. The van der Waals surface area contributed by atoms with Crippen LogP contribution in [0, 0.1) is 0 Å². The Morgan fingerprint density at radius 2 is 1.79 bits per heavy atom. The summed E-state index contributed by atoms with van der Waals surface area (Å²) in [7, 11) is 0. The number of benzene rings is 1. The monoisotopic (exact) mass is 366 g/mol. The van der Waals surface area contributed by atoms with Crippen LogP contribution in [0.3, 0.4) is 0 Å². The van der Waals surface area contributed by atoms with Crippen LogP contribution in [-0.4, -0.2) is 23.6 Å². The first-order valence-electron chi connectivity index (χ1n) is 6.97. The maximum Gasteiger partial charge on any atom is 0.417 e. The van der Waals surface area contributed by atoms with Gasteiger partial charge < -0.3 is 15.4 Å². The Morgan fingerprint density at radius 3 is 2.29 bits per heavy atom. The highest BCUT2D eigenvalue weighted by Gasteiger charge is 2.33. The molecule has 2 N–H and O–H groups in total. The molecular formula is C15H18ClF3N2O3. The number of amides is 2. The Morgan fingerprint density at radius 1 is 1.21 bits per heavy atom. The second kappa shape index (κ2) is 7.29. The van der Waals surface area contributed by atoms with Gasteiger partial charge in [0.05, 0.1) is 10.6 Å². The van der Waals surface area contributed by atoms with Crippen LogP contribution >= 0.6 is 11.6 Å². The molecule has 0 radical (unpaired) electrons. The van der Waals surface area contributed by atoms with Crippen molar-refractivity contribution in [1.82, 2.24) is 5.32 Å². The molecule has 0 heterocycles. The first kappa shape index (κ1) is 20.1. The number of ether oxygens (including phenoxy) is 1. The Balaban J connectivity index is 2.76. The van der Waals surface area contributed by atoms with E-state index in [1.807, 2.05) is 0 Å². The first-order valence-corrected chi connectivity index (χ1v) is 7.34. The predicted octanol–water partition coefficient (Wildman–Crippen LogP) is 4.21. The number of carbonyl (C=O) groups is 2. The summed E-state index contributed by atoms with van der Waals surface area (Å²) in [6.07, 6.45) is -5.45. The van der Waals surface area contributed by atoms with E-state index >= 15 is 0 Å². The largest absolute Gasteiger partial charge is 0.444 e. The van der Waals surface area contributed by atoms with Crippen molar-refractivity contribution in [1.29, 1.82) is 0 Å². The van der Waals surface area contributed by atoms with Gasteiger partial charge >= 0.3 is 12.3 Å². The summed E-state index contributed by atoms with van der Waals surface area (Å²) in [5.41, 5.74) is -1.89. The lowest BCUT2D eigenvalue weighted by Crippen LogP contribution is -2.44. The number of hydrogen-bond acceptors (Lipinski definition) is 3. The lowest BCUT2D eigenvalue weighted by atomic mass is 10.2. The molecule has 1 unspecified atom stereocenters. The van der Waals surface area contributed by atoms with Crippen LogP contribution in [0.25, 0.3) is 0 Å². The van der Waals surface area contributed by atoms with Crippen LogP contribution in [-0.2, 0) is 15.7 Å². The molecule has 5 nitrogen and oxygen atoms in total. The van der Waals surface area contributed by atoms with Crippen molar-refractivity contribution in [2.45, 2.75) is 45.5 Å². The van der Waals surface area contributed by atoms with Crippen LogP contribution in [0.4, 0.5) is 23.7 Å². The third-order valence-corrected chi connectivity index (χ3v) is 3.00. The highest BCUT2D eigenvalue weighted by Crippen LogP contribution is 2.36. The zero-order chi connectivity index (χ0) is 18.7. The highest BCUT2D eigenvalue weighted by molar-refractivity contribution is 6.31. The Bertz CT molecular complexity index is 627. The van der Waals surface area contributed by atoms with Crippen LogP contribution in [0.2, 0.25) is 5.02 Å². The summed E-state index contributed by atoms with van der Waals surface area (Å²) < 4.78 is 43.3. The second-order valence-corrected chi connectivity index (χ2v) is 6.46. The molecule has 0 aliphatic heterocycles. The minimum absolute atomic E-state index is 0.0884. The van der Waals surface area contributed by atoms with Gasteiger partial charge in [0.15, 0.2) is 0 Å². The van der Waals surface area contributed by atoms with E-state index in [0.29, 0.717) is 0 Å². The quantitative estimate of drug-likeness (QED) is 0.842. The standard InChI is InChI=1S/C15H18ClF3N2O3/c1-8(20-13(23)24-14(2,3)4)12(22)21-9-5-6-11(16)10(7-9)15(17,18)19/h5-8H,1-4H3,(H,20,23)(H,21,22). The zero-order valence-electron chi connectivity index (χ0n) is 13.5. The van der Waals surface area contributed by atoms with Gasteiger partial charge in [-0.1, -0.05) is 11.6 Å². The maximum atomic E-state index is 12.8. The van der Waals surface area contributed by atoms with Crippen LogP contribution in [0.15, 0.2) is 18.2 Å². The second-order valence-electron chi connectivity index (χ2n) is 6.05. The van der Waals surface area contributed by atoms with Crippen molar-refractivity contribution in [2.24, 2.45) is 0 Å². The summed E-state index contributed by atoms with van der Waals surface area (Å²) in [4.78, 5) is 23.5. The molecule has 1 aromatic carbocycles. The number of hydrogen-bond donors (Lipinski definition) is 2. The van der Waals surface area contributed by atoms with Gasteiger partial charge in [-0.05, 0) is 45.9 Å². The minimum Gasteiger partial charge on any atom is -0.444 e. The van der Waals surface area contributed by atoms with Gasteiger partial charge in [0.1, 0.15) is 11.6 Å². The molecule has 0 saturated heterocycles. The van der Waals surface area contributed by atoms with E-state index in [9.17, 15) is 22.8 Å².